The number of amides is 3. The van der Waals surface area contributed by atoms with Crippen LogP contribution in [0.15, 0.2) is 29.2 Å². The Labute approximate surface area is 124 Å². The number of benzene rings is 1. The van der Waals surface area contributed by atoms with Gasteiger partial charge >= 0.3 is 6.03 Å². The van der Waals surface area contributed by atoms with E-state index in [2.05, 4.69) is 10.6 Å². The summed E-state index contributed by atoms with van der Waals surface area (Å²) in [6.45, 7) is 9.38. The molecule has 1 rings (SSSR count). The molecule has 0 aromatic heterocycles. The number of hydrogen-bond acceptors (Lipinski definition) is 3. The second-order valence-electron chi connectivity index (χ2n) is 5.77. The third kappa shape index (κ3) is 6.10. The molecule has 0 heterocycles. The maximum atomic E-state index is 11.9. The van der Waals surface area contributed by atoms with E-state index in [1.165, 1.54) is 11.8 Å². The zero-order valence-corrected chi connectivity index (χ0v) is 13.4. The standard InChI is InChI=1S/C15H22N2O2S/c1-10-7-6-8-12(9-10)20-11(2)13(18)16-14(19)17-15(3,4)5/h6-9,11H,1-5H3,(H2,16,17,18,19). The summed E-state index contributed by atoms with van der Waals surface area (Å²) in [6, 6.07) is 7.47. The Bertz CT molecular complexity index is 495. The van der Waals surface area contributed by atoms with Crippen LogP contribution in [0.3, 0.4) is 0 Å². The van der Waals surface area contributed by atoms with Gasteiger partial charge in [-0.15, -0.1) is 11.8 Å². The van der Waals surface area contributed by atoms with Crippen LogP contribution >= 0.6 is 11.8 Å². The summed E-state index contributed by atoms with van der Waals surface area (Å²) in [5.41, 5.74) is 0.783. The Morgan fingerprint density at radius 2 is 1.90 bits per heavy atom. The van der Waals surface area contributed by atoms with Crippen LogP contribution in [-0.2, 0) is 4.79 Å². The largest absolute Gasteiger partial charge is 0.333 e. The van der Waals surface area contributed by atoms with E-state index in [1.54, 1.807) is 6.92 Å². The summed E-state index contributed by atoms with van der Waals surface area (Å²) in [4.78, 5) is 24.6. The summed E-state index contributed by atoms with van der Waals surface area (Å²) >= 11 is 1.43. The van der Waals surface area contributed by atoms with Gasteiger partial charge in [0.05, 0.1) is 5.25 Å². The Hall–Kier alpha value is -1.49. The molecule has 4 nitrogen and oxygen atoms in total. The molecule has 3 amide bonds. The molecule has 2 N–H and O–H groups in total. The number of nitrogens with one attached hydrogen (secondary N) is 2. The molecule has 0 radical (unpaired) electrons. The zero-order chi connectivity index (χ0) is 15.3. The van der Waals surface area contributed by atoms with Crippen molar-refractivity contribution in [3.63, 3.8) is 0 Å². The molecule has 1 unspecified atom stereocenters. The van der Waals surface area contributed by atoms with E-state index >= 15 is 0 Å². The SMILES string of the molecule is Cc1cccc(SC(C)C(=O)NC(=O)NC(C)(C)C)c1. The van der Waals surface area contributed by atoms with Gasteiger partial charge in [-0.2, -0.15) is 0 Å². The Balaban J connectivity index is 2.53. The summed E-state index contributed by atoms with van der Waals surface area (Å²) < 4.78 is 0. The lowest BCUT2D eigenvalue weighted by Gasteiger charge is -2.21. The normalized spacial score (nSPS) is 12.7. The molecule has 5 heteroatoms. The van der Waals surface area contributed by atoms with Gasteiger partial charge in [-0.3, -0.25) is 10.1 Å². The Morgan fingerprint density at radius 1 is 1.25 bits per heavy atom. The molecule has 0 spiro atoms. The second-order valence-corrected chi connectivity index (χ2v) is 7.18. The zero-order valence-electron chi connectivity index (χ0n) is 12.6. The van der Waals surface area contributed by atoms with Crippen molar-refractivity contribution in [3.8, 4) is 0 Å². The summed E-state index contributed by atoms with van der Waals surface area (Å²) in [6.07, 6.45) is 0. The monoisotopic (exact) mass is 294 g/mol. The van der Waals surface area contributed by atoms with Crippen molar-refractivity contribution >= 4 is 23.7 Å². The van der Waals surface area contributed by atoms with E-state index in [-0.39, 0.29) is 16.7 Å². The highest BCUT2D eigenvalue weighted by molar-refractivity contribution is 8.00. The predicted molar refractivity (Wildman–Crippen MR) is 82.9 cm³/mol. The number of imide groups is 1. The van der Waals surface area contributed by atoms with Gasteiger partial charge in [-0.25, -0.2) is 4.79 Å². The fourth-order valence-electron chi connectivity index (χ4n) is 1.53. The lowest BCUT2D eigenvalue weighted by Crippen LogP contribution is -2.49. The Morgan fingerprint density at radius 3 is 2.45 bits per heavy atom. The molecular weight excluding hydrogens is 272 g/mol. The average molecular weight is 294 g/mol. The van der Waals surface area contributed by atoms with Gasteiger partial charge in [0, 0.05) is 10.4 Å². The van der Waals surface area contributed by atoms with Crippen LogP contribution in [0.2, 0.25) is 0 Å². The number of urea groups is 1. The van der Waals surface area contributed by atoms with E-state index in [1.807, 2.05) is 52.0 Å². The van der Waals surface area contributed by atoms with Gasteiger partial charge in [-0.1, -0.05) is 17.7 Å². The number of carbonyl (C=O) groups is 2. The molecule has 0 aliphatic heterocycles. The van der Waals surface area contributed by atoms with Crippen molar-refractivity contribution in [2.45, 2.75) is 50.3 Å². The first-order valence-corrected chi connectivity index (χ1v) is 7.42. The van der Waals surface area contributed by atoms with Crippen molar-refractivity contribution in [3.05, 3.63) is 29.8 Å². The summed E-state index contributed by atoms with van der Waals surface area (Å²) in [7, 11) is 0. The van der Waals surface area contributed by atoms with E-state index in [9.17, 15) is 9.59 Å². The third-order valence-corrected chi connectivity index (χ3v) is 3.49. The molecule has 0 bridgehead atoms. The first-order chi connectivity index (χ1) is 9.17. The van der Waals surface area contributed by atoms with Gasteiger partial charge in [0.25, 0.3) is 0 Å². The van der Waals surface area contributed by atoms with Crippen LogP contribution in [0.5, 0.6) is 0 Å². The number of hydrogen-bond donors (Lipinski definition) is 2. The quantitative estimate of drug-likeness (QED) is 0.842. The molecule has 1 atom stereocenters. The minimum Gasteiger partial charge on any atom is -0.333 e. The van der Waals surface area contributed by atoms with Gasteiger partial charge < -0.3 is 5.32 Å². The van der Waals surface area contributed by atoms with Crippen LogP contribution in [-0.4, -0.2) is 22.7 Å². The van der Waals surface area contributed by atoms with Crippen molar-refractivity contribution < 1.29 is 9.59 Å². The highest BCUT2D eigenvalue weighted by atomic mass is 32.2. The fraction of sp³-hybridized carbons (Fsp3) is 0.467. The van der Waals surface area contributed by atoms with Crippen molar-refractivity contribution in [1.29, 1.82) is 0 Å². The number of thioether (sulfide) groups is 1. The molecule has 0 saturated heterocycles. The van der Waals surface area contributed by atoms with Crippen molar-refractivity contribution in [1.82, 2.24) is 10.6 Å². The summed E-state index contributed by atoms with van der Waals surface area (Å²) in [5.74, 6) is -0.293. The van der Waals surface area contributed by atoms with Crippen molar-refractivity contribution in [2.75, 3.05) is 0 Å². The topological polar surface area (TPSA) is 58.2 Å². The first kappa shape index (κ1) is 16.6. The van der Waals surface area contributed by atoms with E-state index in [4.69, 9.17) is 0 Å². The predicted octanol–water partition coefficient (Wildman–Crippen LogP) is 3.10. The molecule has 1 aromatic rings. The van der Waals surface area contributed by atoms with Gasteiger partial charge in [0.2, 0.25) is 5.91 Å². The second kappa shape index (κ2) is 6.79. The van der Waals surface area contributed by atoms with Gasteiger partial charge in [-0.05, 0) is 46.8 Å². The third-order valence-electron chi connectivity index (χ3n) is 2.40. The number of rotatable bonds is 3. The smallest absolute Gasteiger partial charge is 0.321 e. The first-order valence-electron chi connectivity index (χ1n) is 6.54. The Kier molecular flexibility index (Phi) is 5.62. The van der Waals surface area contributed by atoms with Crippen molar-refractivity contribution in [2.24, 2.45) is 0 Å². The van der Waals surface area contributed by atoms with E-state index in [0.717, 1.165) is 10.5 Å². The highest BCUT2D eigenvalue weighted by Crippen LogP contribution is 2.23. The molecule has 0 aliphatic rings. The van der Waals surface area contributed by atoms with Crippen LogP contribution < -0.4 is 10.6 Å². The van der Waals surface area contributed by atoms with Crippen LogP contribution in [0.4, 0.5) is 4.79 Å². The minimum absolute atomic E-state index is 0.293. The molecule has 0 saturated carbocycles. The van der Waals surface area contributed by atoms with Gasteiger partial charge in [0.15, 0.2) is 0 Å². The molecule has 1 aromatic carbocycles. The van der Waals surface area contributed by atoms with E-state index in [0.29, 0.717) is 0 Å². The molecule has 20 heavy (non-hydrogen) atoms. The maximum Gasteiger partial charge on any atom is 0.321 e. The number of aryl methyl sites for hydroxylation is 1. The maximum absolute atomic E-state index is 11.9. The summed E-state index contributed by atoms with van der Waals surface area (Å²) in [5, 5.41) is 4.73. The molecule has 110 valence electrons. The molecule has 0 aliphatic carbocycles. The minimum atomic E-state index is -0.459. The number of carbonyl (C=O) groups excluding carboxylic acids is 2. The molecule has 0 fully saturated rings. The van der Waals surface area contributed by atoms with Crippen LogP contribution in [0.25, 0.3) is 0 Å². The van der Waals surface area contributed by atoms with Crippen LogP contribution in [0, 0.1) is 6.92 Å². The lowest BCUT2D eigenvalue weighted by molar-refractivity contribution is -0.119. The fourth-order valence-corrected chi connectivity index (χ4v) is 2.52. The lowest BCUT2D eigenvalue weighted by atomic mass is 10.1. The molecular formula is C15H22N2O2S. The van der Waals surface area contributed by atoms with E-state index < -0.39 is 6.03 Å². The highest BCUT2D eigenvalue weighted by Gasteiger charge is 2.20. The van der Waals surface area contributed by atoms with Crippen LogP contribution in [0.1, 0.15) is 33.3 Å². The van der Waals surface area contributed by atoms with Gasteiger partial charge in [0.1, 0.15) is 0 Å². The average Bonchev–Trinajstić information content (AvgIpc) is 2.25.